The maximum Gasteiger partial charge on any atom is 0.164 e. The summed E-state index contributed by atoms with van der Waals surface area (Å²) in [7, 11) is 0. The smallest absolute Gasteiger partial charge is 0.164 e. The number of nitriles is 13. The Bertz CT molecular complexity index is 6560. The van der Waals surface area contributed by atoms with E-state index in [1.165, 1.54) is 48.5 Å². The third kappa shape index (κ3) is 10.7. The van der Waals surface area contributed by atoms with Gasteiger partial charge in [0.15, 0.2) is 17.5 Å². The van der Waals surface area contributed by atoms with Gasteiger partial charge < -0.3 is 9.13 Å². The minimum absolute atomic E-state index is 0.0642. The first-order chi connectivity index (χ1) is 51.9. The Hall–Kier alpha value is -17.4. The third-order valence-electron chi connectivity index (χ3n) is 18.6. The zero-order valence-corrected chi connectivity index (χ0v) is 54.8. The van der Waals surface area contributed by atoms with Crippen molar-refractivity contribution in [3.63, 3.8) is 0 Å². The van der Waals surface area contributed by atoms with E-state index in [2.05, 4.69) is 66.8 Å². The molecule has 0 radical (unpaired) electrons. The van der Waals surface area contributed by atoms with Crippen molar-refractivity contribution in [3.8, 4) is 180 Å². The molecule has 0 unspecified atom stereocenters. The topological polar surface area (TPSA) is 358 Å². The molecular formula is C88H36N18. The highest BCUT2D eigenvalue weighted by Gasteiger charge is 2.28. The van der Waals surface area contributed by atoms with Crippen LogP contribution in [0.15, 0.2) is 218 Å². The lowest BCUT2D eigenvalue weighted by Crippen LogP contribution is -2.05. The van der Waals surface area contributed by atoms with E-state index in [-0.39, 0.29) is 100 Å². The highest BCUT2D eigenvalue weighted by Crippen LogP contribution is 2.47. The van der Waals surface area contributed by atoms with Gasteiger partial charge in [0.25, 0.3) is 0 Å². The molecule has 18 nitrogen and oxygen atoms in total. The number of rotatable bonds is 10. The summed E-state index contributed by atoms with van der Waals surface area (Å²) in [6.07, 6.45) is 0. The fourth-order valence-electron chi connectivity index (χ4n) is 14.1. The maximum absolute atomic E-state index is 11.8. The van der Waals surface area contributed by atoms with Crippen LogP contribution in [0.3, 0.4) is 0 Å². The summed E-state index contributed by atoms with van der Waals surface area (Å²) in [5.74, 6) is 0.984. The molecule has 0 amide bonds. The fraction of sp³-hybridized carbons (Fsp3) is 0. The number of fused-ring (bicyclic) bond motifs is 6. The van der Waals surface area contributed by atoms with Crippen LogP contribution in [0, 0.1) is 147 Å². The minimum atomic E-state index is 0.0642. The summed E-state index contributed by atoms with van der Waals surface area (Å²) in [5, 5.41) is 139. The molecule has 18 heteroatoms. The Labute approximate surface area is 603 Å². The van der Waals surface area contributed by atoms with Crippen molar-refractivity contribution in [2.75, 3.05) is 0 Å². The summed E-state index contributed by atoms with van der Waals surface area (Å²) in [4.78, 5) is 15.4. The molecule has 106 heavy (non-hydrogen) atoms. The Kier molecular flexibility index (Phi) is 16.1. The summed E-state index contributed by atoms with van der Waals surface area (Å²) in [5.41, 5.74) is 9.70. The van der Waals surface area contributed by atoms with E-state index in [0.29, 0.717) is 117 Å². The van der Waals surface area contributed by atoms with E-state index >= 15 is 0 Å². The Morgan fingerprint density at radius 3 is 0.783 bits per heavy atom. The van der Waals surface area contributed by atoms with Crippen molar-refractivity contribution in [1.29, 1.82) is 68.4 Å². The molecule has 0 aliphatic heterocycles. The van der Waals surface area contributed by atoms with E-state index in [4.69, 9.17) is 15.0 Å². The number of benzene rings is 12. The van der Waals surface area contributed by atoms with E-state index in [9.17, 15) is 68.4 Å². The molecule has 3 heterocycles. The van der Waals surface area contributed by atoms with Crippen LogP contribution in [-0.4, -0.2) is 24.1 Å². The van der Waals surface area contributed by atoms with Crippen molar-refractivity contribution in [2.24, 2.45) is 0 Å². The molecule has 0 N–H and O–H groups in total. The first-order valence-corrected chi connectivity index (χ1v) is 32.2. The van der Waals surface area contributed by atoms with Crippen molar-refractivity contribution < 1.29 is 0 Å². The van der Waals surface area contributed by atoms with Gasteiger partial charge in [-0.05, 0) is 150 Å². The Morgan fingerprint density at radius 2 is 0.491 bits per heavy atom. The molecular weight excluding hydrogens is 1310 g/mol. The summed E-state index contributed by atoms with van der Waals surface area (Å²) in [6, 6.07) is 91.0. The summed E-state index contributed by atoms with van der Waals surface area (Å²) < 4.78 is 3.97. The second-order valence-electron chi connectivity index (χ2n) is 24.3. The van der Waals surface area contributed by atoms with Gasteiger partial charge >= 0.3 is 0 Å². The van der Waals surface area contributed by atoms with Crippen LogP contribution >= 0.6 is 0 Å². The molecule has 12 aromatic carbocycles. The lowest BCUT2D eigenvalue weighted by Gasteiger charge is -2.21. The molecule has 0 fully saturated rings. The van der Waals surface area contributed by atoms with Crippen molar-refractivity contribution in [3.05, 3.63) is 291 Å². The second-order valence-corrected chi connectivity index (χ2v) is 24.3. The summed E-state index contributed by atoms with van der Waals surface area (Å²) in [6.45, 7) is 0. The molecule has 0 aliphatic rings. The first kappa shape index (κ1) is 64.6. The largest absolute Gasteiger partial charge is 0.309 e. The van der Waals surface area contributed by atoms with Crippen LogP contribution in [0.2, 0.25) is 0 Å². The Morgan fingerprint density at radius 1 is 0.208 bits per heavy atom. The lowest BCUT2D eigenvalue weighted by atomic mass is 9.91. The van der Waals surface area contributed by atoms with Gasteiger partial charge in [0.05, 0.1) is 185 Å². The molecule has 478 valence electrons. The van der Waals surface area contributed by atoms with Gasteiger partial charge in [0.1, 0.15) is 0 Å². The molecule has 0 aliphatic carbocycles. The maximum atomic E-state index is 11.8. The van der Waals surface area contributed by atoms with Crippen LogP contribution in [0.5, 0.6) is 0 Å². The van der Waals surface area contributed by atoms with Gasteiger partial charge in [-0.2, -0.15) is 68.4 Å². The highest BCUT2D eigenvalue weighted by molar-refractivity contribution is 6.15. The molecule has 15 rings (SSSR count). The molecule has 0 saturated carbocycles. The van der Waals surface area contributed by atoms with E-state index in [1.807, 2.05) is 155 Å². The molecule has 0 spiro atoms. The van der Waals surface area contributed by atoms with Gasteiger partial charge in [-0.3, -0.25) is 0 Å². The normalized spacial score (nSPS) is 10.5. The highest BCUT2D eigenvalue weighted by atomic mass is 15.0. The number of nitrogens with zero attached hydrogens (tertiary/aromatic N) is 18. The quantitative estimate of drug-likeness (QED) is 0.123. The average molecular weight is 1350 g/mol. The minimum Gasteiger partial charge on any atom is -0.309 e. The fourth-order valence-corrected chi connectivity index (χ4v) is 14.1. The predicted molar refractivity (Wildman–Crippen MR) is 393 cm³/mol. The van der Waals surface area contributed by atoms with Gasteiger partial charge in [-0.1, -0.05) is 91.0 Å². The van der Waals surface area contributed by atoms with Crippen LogP contribution in [-0.2, 0) is 0 Å². The molecule has 15 aromatic rings. The van der Waals surface area contributed by atoms with E-state index in [0.717, 1.165) is 0 Å². The van der Waals surface area contributed by atoms with Crippen molar-refractivity contribution in [2.45, 2.75) is 0 Å². The van der Waals surface area contributed by atoms with Crippen LogP contribution in [0.25, 0.3) is 145 Å². The standard InChI is InChI=1S/C88H36N18/c89-37-50-24-62(42-94)81(63(25-50)43-95)56-14-19-75-70(32-56)71-33-57(82-64(44-96)26-51(38-90)27-65(82)45-97)15-20-76(71)105(75)79-23-18-60(88-103-86(54-8-3-1-4-9-54)102-87(104-88)55-10-5-2-6-11-55)36-74(79)85-61(41-93)12-7-13-80(85)106-77-21-16-58(83-66(46-98)28-52(39-91)29-67(83)47-99)34-72(77)73-35-59(17-22-78(73)106)84-68(48-100)30-53(40-92)31-69(84)49-101/h1-36H. The average Bonchev–Trinajstić information content (AvgIpc) is 1.55. The van der Waals surface area contributed by atoms with Crippen molar-refractivity contribution >= 4 is 43.6 Å². The zero-order chi connectivity index (χ0) is 73.4. The Balaban J connectivity index is 1.08. The summed E-state index contributed by atoms with van der Waals surface area (Å²) >= 11 is 0. The van der Waals surface area contributed by atoms with Crippen LogP contribution in [0.4, 0.5) is 0 Å². The molecule has 0 saturated heterocycles. The first-order valence-electron chi connectivity index (χ1n) is 32.2. The monoisotopic (exact) mass is 1340 g/mol. The molecule has 0 bridgehead atoms. The SMILES string of the molecule is N#Cc1cc(C#N)c(-c2ccc3c(c2)c2cc(-c4c(C#N)cc(C#N)cc4C#N)ccc2n3-c2ccc(-c3nc(-c4ccccc4)nc(-c4ccccc4)n3)cc2-c2c(C#N)cccc2-n2c3ccc(-c4c(C#N)cc(C#N)cc4C#N)cc3c3cc(-c4c(C#N)cc(C#N)cc4C#N)ccc32)c(C#N)c1. The predicted octanol–water partition coefficient (Wildman–Crippen LogP) is 17.7. The van der Waals surface area contributed by atoms with Crippen molar-refractivity contribution in [1.82, 2.24) is 24.1 Å². The molecule has 3 aromatic heterocycles. The van der Waals surface area contributed by atoms with Gasteiger partial charge in [0, 0.05) is 71.6 Å². The van der Waals surface area contributed by atoms with E-state index in [1.54, 1.807) is 36.4 Å². The lowest BCUT2D eigenvalue weighted by molar-refractivity contribution is 1.07. The third-order valence-corrected chi connectivity index (χ3v) is 18.6. The van der Waals surface area contributed by atoms with Crippen LogP contribution in [0.1, 0.15) is 72.3 Å². The zero-order valence-electron chi connectivity index (χ0n) is 54.8. The number of hydrogen-bond acceptors (Lipinski definition) is 16. The van der Waals surface area contributed by atoms with E-state index < -0.39 is 0 Å². The second kappa shape index (κ2) is 26.5. The molecule has 0 atom stereocenters. The van der Waals surface area contributed by atoms with Gasteiger partial charge in [-0.15, -0.1) is 0 Å². The van der Waals surface area contributed by atoms with Gasteiger partial charge in [-0.25, -0.2) is 15.0 Å². The number of hydrogen-bond donors (Lipinski definition) is 0. The number of aromatic nitrogens is 5. The van der Waals surface area contributed by atoms with Crippen LogP contribution < -0.4 is 0 Å². The van der Waals surface area contributed by atoms with Gasteiger partial charge in [0.2, 0.25) is 0 Å².